The summed E-state index contributed by atoms with van der Waals surface area (Å²) in [5, 5.41) is 2.87. The van der Waals surface area contributed by atoms with Crippen LogP contribution in [0, 0.1) is 0 Å². The fraction of sp³-hybridized carbons (Fsp3) is 0.235. The van der Waals surface area contributed by atoms with Crippen LogP contribution in [0.3, 0.4) is 0 Å². The molecule has 1 aromatic carbocycles. The van der Waals surface area contributed by atoms with Crippen LogP contribution < -0.4 is 5.32 Å². The molecule has 0 saturated carbocycles. The quantitative estimate of drug-likeness (QED) is 0.880. The molecule has 2 atom stereocenters. The van der Waals surface area contributed by atoms with Gasteiger partial charge in [-0.2, -0.15) is 0 Å². The predicted octanol–water partition coefficient (Wildman–Crippen LogP) is 2.04. The Labute approximate surface area is 128 Å². The minimum atomic E-state index is -0.785. The highest BCUT2D eigenvalue weighted by Crippen LogP contribution is 2.21. The number of amides is 1. The van der Waals surface area contributed by atoms with Crippen LogP contribution in [0.1, 0.15) is 34.5 Å². The van der Waals surface area contributed by atoms with E-state index < -0.39 is 12.1 Å². The summed E-state index contributed by atoms with van der Waals surface area (Å²) in [4.78, 5) is 28.2. The fourth-order valence-corrected chi connectivity index (χ4v) is 2.52. The van der Waals surface area contributed by atoms with Crippen molar-refractivity contribution in [3.63, 3.8) is 0 Å². The molecule has 1 aromatic heterocycles. The van der Waals surface area contributed by atoms with Crippen molar-refractivity contribution in [2.24, 2.45) is 0 Å². The van der Waals surface area contributed by atoms with Crippen molar-refractivity contribution < 1.29 is 14.3 Å². The summed E-state index contributed by atoms with van der Waals surface area (Å²) in [7, 11) is 0. The first-order valence-electron chi connectivity index (χ1n) is 7.14. The maximum absolute atomic E-state index is 12.3. The molecule has 0 unspecified atom stereocenters. The van der Waals surface area contributed by atoms with E-state index >= 15 is 0 Å². The van der Waals surface area contributed by atoms with Crippen LogP contribution >= 0.6 is 0 Å². The van der Waals surface area contributed by atoms with Crippen LogP contribution in [0.5, 0.6) is 0 Å². The van der Waals surface area contributed by atoms with Gasteiger partial charge in [0.15, 0.2) is 6.10 Å². The molecule has 1 aliphatic heterocycles. The second-order valence-electron chi connectivity index (χ2n) is 5.27. The van der Waals surface area contributed by atoms with E-state index in [9.17, 15) is 9.59 Å². The number of cyclic esters (lactones) is 1. The Bertz CT molecular complexity index is 700. The van der Waals surface area contributed by atoms with E-state index in [4.69, 9.17) is 4.74 Å². The number of nitrogens with zero attached hydrogens (tertiary/aromatic N) is 1. The molecule has 5 heteroatoms. The summed E-state index contributed by atoms with van der Waals surface area (Å²) < 4.78 is 5.25. The minimum absolute atomic E-state index is 0.175. The van der Waals surface area contributed by atoms with Gasteiger partial charge in [0.1, 0.15) is 0 Å². The first-order chi connectivity index (χ1) is 10.6. The van der Waals surface area contributed by atoms with Gasteiger partial charge in [-0.25, -0.2) is 4.79 Å². The first-order valence-corrected chi connectivity index (χ1v) is 7.14. The van der Waals surface area contributed by atoms with E-state index in [1.54, 1.807) is 24.5 Å². The summed E-state index contributed by atoms with van der Waals surface area (Å²) in [6.45, 7) is 1.88. The van der Waals surface area contributed by atoms with E-state index in [0.29, 0.717) is 12.0 Å². The Kier molecular flexibility index (Phi) is 3.87. The van der Waals surface area contributed by atoms with E-state index in [-0.39, 0.29) is 11.9 Å². The molecule has 112 valence electrons. The molecule has 0 radical (unpaired) electrons. The number of rotatable bonds is 3. The number of nitrogens with one attached hydrogen (secondary N) is 1. The number of pyridine rings is 1. The van der Waals surface area contributed by atoms with E-state index in [0.717, 1.165) is 11.1 Å². The average molecular weight is 296 g/mol. The molecule has 0 spiro atoms. The van der Waals surface area contributed by atoms with E-state index in [1.807, 2.05) is 31.2 Å². The van der Waals surface area contributed by atoms with Gasteiger partial charge in [0.2, 0.25) is 0 Å². The van der Waals surface area contributed by atoms with E-state index in [1.165, 1.54) is 0 Å². The zero-order valence-electron chi connectivity index (χ0n) is 12.2. The largest absolute Gasteiger partial charge is 0.448 e. The lowest BCUT2D eigenvalue weighted by Crippen LogP contribution is -2.42. The topological polar surface area (TPSA) is 68.3 Å². The Hall–Kier alpha value is -2.69. The number of benzene rings is 1. The molecular formula is C17H16N2O3. The third kappa shape index (κ3) is 2.83. The zero-order chi connectivity index (χ0) is 15.5. The Morgan fingerprint density at radius 1 is 1.27 bits per heavy atom. The van der Waals surface area contributed by atoms with Gasteiger partial charge in [-0.1, -0.05) is 18.2 Å². The first kappa shape index (κ1) is 14.3. The van der Waals surface area contributed by atoms with Crippen molar-refractivity contribution in [3.05, 3.63) is 65.5 Å². The van der Waals surface area contributed by atoms with Crippen LogP contribution in [0.2, 0.25) is 0 Å². The summed E-state index contributed by atoms with van der Waals surface area (Å²) in [6.07, 6.45) is 2.97. The molecule has 5 nitrogen and oxygen atoms in total. The molecule has 1 aliphatic rings. The lowest BCUT2D eigenvalue weighted by atomic mass is 9.98. The van der Waals surface area contributed by atoms with Crippen LogP contribution in [-0.4, -0.2) is 23.0 Å². The molecule has 3 rings (SSSR count). The average Bonchev–Trinajstić information content (AvgIpc) is 2.55. The molecule has 0 bridgehead atoms. The summed E-state index contributed by atoms with van der Waals surface area (Å²) in [6, 6.07) is 10.7. The van der Waals surface area contributed by atoms with Crippen molar-refractivity contribution in [2.75, 3.05) is 0 Å². The van der Waals surface area contributed by atoms with E-state index in [2.05, 4.69) is 10.3 Å². The monoisotopic (exact) mass is 296 g/mol. The standard InChI is InChI=1S/C17H16N2O3/c1-11(12-6-8-18-9-7-12)19-16(20)15-10-13-4-2-3-5-14(13)17(21)22-15/h2-9,11,15H,10H2,1H3,(H,19,20)/t11-,15+/m0/s1. The lowest BCUT2D eigenvalue weighted by molar-refractivity contribution is -0.131. The molecule has 2 heterocycles. The van der Waals surface area contributed by atoms with Crippen LogP contribution in [0.15, 0.2) is 48.8 Å². The molecule has 1 N–H and O–H groups in total. The molecule has 2 aromatic rings. The van der Waals surface area contributed by atoms with Gasteiger partial charge in [-0.15, -0.1) is 0 Å². The Morgan fingerprint density at radius 2 is 2.00 bits per heavy atom. The van der Waals surface area contributed by atoms with Gasteiger partial charge in [0.05, 0.1) is 11.6 Å². The molecule has 1 amide bonds. The maximum atomic E-state index is 12.3. The normalized spacial score (nSPS) is 18.0. The third-order valence-electron chi connectivity index (χ3n) is 3.75. The minimum Gasteiger partial charge on any atom is -0.448 e. The van der Waals surface area contributed by atoms with Crippen molar-refractivity contribution >= 4 is 11.9 Å². The molecule has 0 fully saturated rings. The van der Waals surface area contributed by atoms with Crippen LogP contribution in [0.4, 0.5) is 0 Å². The van der Waals surface area contributed by atoms with Crippen LogP contribution in [0.25, 0.3) is 0 Å². The Balaban J connectivity index is 1.70. The number of ether oxygens (including phenoxy) is 1. The smallest absolute Gasteiger partial charge is 0.339 e. The number of aromatic nitrogens is 1. The summed E-state index contributed by atoms with van der Waals surface area (Å²) in [5.74, 6) is -0.731. The lowest BCUT2D eigenvalue weighted by Gasteiger charge is -2.25. The summed E-state index contributed by atoms with van der Waals surface area (Å²) >= 11 is 0. The SMILES string of the molecule is C[C@H](NC(=O)[C@H]1Cc2ccccc2C(=O)O1)c1ccncc1. The van der Waals surface area contributed by atoms with Gasteiger partial charge >= 0.3 is 5.97 Å². The summed E-state index contributed by atoms with van der Waals surface area (Å²) in [5.41, 5.74) is 2.33. The zero-order valence-corrected chi connectivity index (χ0v) is 12.2. The predicted molar refractivity (Wildman–Crippen MR) is 80.1 cm³/mol. The van der Waals surface area contributed by atoms with Gasteiger partial charge in [-0.3, -0.25) is 9.78 Å². The van der Waals surface area contributed by atoms with Gasteiger partial charge in [-0.05, 0) is 36.2 Å². The number of fused-ring (bicyclic) bond motifs is 1. The van der Waals surface area contributed by atoms with Crippen molar-refractivity contribution in [1.82, 2.24) is 10.3 Å². The molecule has 0 saturated heterocycles. The fourth-order valence-electron chi connectivity index (χ4n) is 2.52. The number of carbonyl (C=O) groups excluding carboxylic acids is 2. The number of hydrogen-bond acceptors (Lipinski definition) is 4. The highest BCUT2D eigenvalue weighted by atomic mass is 16.5. The van der Waals surface area contributed by atoms with Gasteiger partial charge in [0.25, 0.3) is 5.91 Å². The number of hydrogen-bond donors (Lipinski definition) is 1. The maximum Gasteiger partial charge on any atom is 0.339 e. The molecule has 22 heavy (non-hydrogen) atoms. The van der Waals surface area contributed by atoms with Crippen molar-refractivity contribution in [3.8, 4) is 0 Å². The second-order valence-corrected chi connectivity index (χ2v) is 5.27. The third-order valence-corrected chi connectivity index (χ3v) is 3.75. The van der Waals surface area contributed by atoms with Gasteiger partial charge in [0, 0.05) is 18.8 Å². The Morgan fingerprint density at radius 3 is 2.77 bits per heavy atom. The highest BCUT2D eigenvalue weighted by molar-refractivity contribution is 5.95. The molecule has 0 aliphatic carbocycles. The highest BCUT2D eigenvalue weighted by Gasteiger charge is 2.31. The van der Waals surface area contributed by atoms with Gasteiger partial charge < -0.3 is 10.1 Å². The van der Waals surface area contributed by atoms with Crippen molar-refractivity contribution in [2.45, 2.75) is 25.5 Å². The van der Waals surface area contributed by atoms with Crippen molar-refractivity contribution in [1.29, 1.82) is 0 Å². The number of esters is 1. The second kappa shape index (κ2) is 5.97. The van der Waals surface area contributed by atoms with Crippen LogP contribution in [-0.2, 0) is 16.0 Å². The molecular weight excluding hydrogens is 280 g/mol. The number of carbonyl (C=O) groups is 2.